The summed E-state index contributed by atoms with van der Waals surface area (Å²) in [4.78, 5) is 25.2. The van der Waals surface area contributed by atoms with Crippen molar-refractivity contribution in [3.05, 3.63) is 64.5 Å². The predicted octanol–water partition coefficient (Wildman–Crippen LogP) is 6.54. The summed E-state index contributed by atoms with van der Waals surface area (Å²) in [7, 11) is 1.33. The van der Waals surface area contributed by atoms with Gasteiger partial charge in [0.1, 0.15) is 0 Å². The van der Waals surface area contributed by atoms with Gasteiger partial charge in [-0.15, -0.1) is 0 Å². The first-order chi connectivity index (χ1) is 16.2. The Kier molecular flexibility index (Phi) is 9.36. The van der Waals surface area contributed by atoms with Gasteiger partial charge in [0.15, 0.2) is 17.1 Å². The maximum Gasteiger partial charge on any atom is 0.383 e. The van der Waals surface area contributed by atoms with Crippen molar-refractivity contribution in [3.8, 4) is 17.2 Å². The minimum atomic E-state index is -0.732. The number of benzene rings is 2. The number of carbonyl (C=O) groups excluding carboxylic acids is 1. The first kappa shape index (κ1) is 24.4. The normalized spacial score (nSPS) is 10.8. The van der Waals surface area contributed by atoms with Crippen LogP contribution in [0.1, 0.15) is 68.6 Å². The zero-order chi connectivity index (χ0) is 23.5. The number of carbonyl (C=O) groups is 1. The molecule has 6 heteroatoms. The number of fused-ring (bicyclic) bond motifs is 1. The SMILES string of the molecule is CCCCCCCCCCOc1cccc2c(OC(=O)c3ccccc3)c(OC)c(=O)oc12. The summed E-state index contributed by atoms with van der Waals surface area (Å²) in [5, 5.41) is 0.434. The van der Waals surface area contributed by atoms with Gasteiger partial charge in [-0.2, -0.15) is 0 Å². The molecule has 176 valence electrons. The third-order valence-corrected chi connectivity index (χ3v) is 5.47. The van der Waals surface area contributed by atoms with Crippen molar-refractivity contribution >= 4 is 16.9 Å². The molecule has 0 unspecified atom stereocenters. The van der Waals surface area contributed by atoms with E-state index in [1.54, 1.807) is 48.5 Å². The minimum Gasteiger partial charge on any atom is -0.490 e. The monoisotopic (exact) mass is 452 g/mol. The highest BCUT2D eigenvalue weighted by molar-refractivity contribution is 5.96. The van der Waals surface area contributed by atoms with E-state index in [0.29, 0.717) is 23.3 Å². The molecular weight excluding hydrogens is 420 g/mol. The van der Waals surface area contributed by atoms with Crippen molar-refractivity contribution in [2.24, 2.45) is 0 Å². The smallest absolute Gasteiger partial charge is 0.383 e. The molecule has 0 aliphatic heterocycles. The van der Waals surface area contributed by atoms with Gasteiger partial charge >= 0.3 is 11.6 Å². The number of unbranched alkanes of at least 4 members (excludes halogenated alkanes) is 7. The molecule has 0 amide bonds. The van der Waals surface area contributed by atoms with Crippen molar-refractivity contribution in [2.75, 3.05) is 13.7 Å². The lowest BCUT2D eigenvalue weighted by atomic mass is 10.1. The average Bonchev–Trinajstić information content (AvgIpc) is 2.84. The van der Waals surface area contributed by atoms with Gasteiger partial charge in [0, 0.05) is 0 Å². The molecule has 2 aromatic carbocycles. The summed E-state index contributed by atoms with van der Waals surface area (Å²) < 4.78 is 22.2. The Bertz CT molecular complexity index is 1090. The summed E-state index contributed by atoms with van der Waals surface area (Å²) in [5.41, 5.74) is -0.134. The first-order valence-electron chi connectivity index (χ1n) is 11.7. The van der Waals surface area contributed by atoms with Gasteiger partial charge in [0.25, 0.3) is 0 Å². The van der Waals surface area contributed by atoms with Crippen LogP contribution in [-0.2, 0) is 0 Å². The van der Waals surface area contributed by atoms with Crippen LogP contribution in [0.15, 0.2) is 57.7 Å². The van der Waals surface area contributed by atoms with Crippen LogP contribution in [-0.4, -0.2) is 19.7 Å². The molecule has 33 heavy (non-hydrogen) atoms. The Hall–Kier alpha value is -3.28. The van der Waals surface area contributed by atoms with Crippen molar-refractivity contribution in [2.45, 2.75) is 58.3 Å². The van der Waals surface area contributed by atoms with Gasteiger partial charge in [0.05, 0.1) is 24.7 Å². The highest BCUT2D eigenvalue weighted by Crippen LogP contribution is 2.37. The van der Waals surface area contributed by atoms with Crippen LogP contribution in [0, 0.1) is 0 Å². The van der Waals surface area contributed by atoms with Gasteiger partial charge in [-0.05, 0) is 30.7 Å². The second-order valence-corrected chi connectivity index (χ2v) is 7.96. The minimum absolute atomic E-state index is 0.0233. The Morgan fingerprint density at radius 1 is 0.848 bits per heavy atom. The molecule has 0 fully saturated rings. The Balaban J connectivity index is 1.72. The number of methoxy groups -OCH3 is 1. The molecular formula is C27H32O6. The molecule has 0 aliphatic rings. The maximum atomic E-state index is 12.6. The fraction of sp³-hybridized carbons (Fsp3) is 0.407. The van der Waals surface area contributed by atoms with Crippen molar-refractivity contribution in [1.29, 1.82) is 0 Å². The summed E-state index contributed by atoms with van der Waals surface area (Å²) in [6, 6.07) is 13.8. The number of hydrogen-bond donors (Lipinski definition) is 0. The van der Waals surface area contributed by atoms with Crippen LogP contribution in [0.4, 0.5) is 0 Å². The van der Waals surface area contributed by atoms with Crippen LogP contribution < -0.4 is 19.8 Å². The van der Waals surface area contributed by atoms with Crippen LogP contribution in [0.25, 0.3) is 11.0 Å². The van der Waals surface area contributed by atoms with Gasteiger partial charge < -0.3 is 18.6 Å². The summed E-state index contributed by atoms with van der Waals surface area (Å²) in [6.45, 7) is 2.74. The quantitative estimate of drug-likeness (QED) is 0.166. The molecule has 0 bridgehead atoms. The van der Waals surface area contributed by atoms with Gasteiger partial charge in [-0.1, -0.05) is 76.1 Å². The van der Waals surface area contributed by atoms with E-state index in [4.69, 9.17) is 18.6 Å². The summed E-state index contributed by atoms with van der Waals surface area (Å²) >= 11 is 0. The van der Waals surface area contributed by atoms with Crippen LogP contribution in [0.2, 0.25) is 0 Å². The summed E-state index contributed by atoms with van der Waals surface area (Å²) in [6.07, 6.45) is 9.61. The van der Waals surface area contributed by atoms with E-state index in [0.717, 1.165) is 12.8 Å². The standard InChI is InChI=1S/C27H32O6/c1-3-4-5-6-7-8-9-13-19-31-22-18-14-17-21-23(22)32-27(29)25(30-2)24(21)33-26(28)20-15-11-10-12-16-20/h10-12,14-18H,3-9,13,19H2,1-2H3. The lowest BCUT2D eigenvalue weighted by molar-refractivity contribution is 0.0731. The summed E-state index contributed by atoms with van der Waals surface area (Å²) in [5.74, 6) is -0.291. The fourth-order valence-corrected chi connectivity index (χ4v) is 3.69. The number of hydrogen-bond acceptors (Lipinski definition) is 6. The van der Waals surface area contributed by atoms with E-state index in [-0.39, 0.29) is 17.1 Å². The van der Waals surface area contributed by atoms with E-state index in [1.807, 2.05) is 0 Å². The molecule has 0 aliphatic carbocycles. The molecule has 3 rings (SSSR count). The largest absolute Gasteiger partial charge is 0.490 e. The molecule has 0 atom stereocenters. The highest BCUT2D eigenvalue weighted by atomic mass is 16.6. The number of para-hydroxylation sites is 1. The Morgan fingerprint density at radius 3 is 2.24 bits per heavy atom. The second-order valence-electron chi connectivity index (χ2n) is 7.96. The molecule has 6 nitrogen and oxygen atoms in total. The van der Waals surface area contributed by atoms with E-state index in [2.05, 4.69) is 6.92 Å². The highest BCUT2D eigenvalue weighted by Gasteiger charge is 2.22. The van der Waals surface area contributed by atoms with Gasteiger partial charge in [-0.3, -0.25) is 0 Å². The zero-order valence-electron chi connectivity index (χ0n) is 19.4. The predicted molar refractivity (Wildman–Crippen MR) is 129 cm³/mol. The molecule has 0 saturated carbocycles. The Labute approximate surface area is 194 Å². The van der Waals surface area contributed by atoms with Gasteiger partial charge in [0.2, 0.25) is 5.75 Å². The molecule has 1 aromatic heterocycles. The second kappa shape index (κ2) is 12.7. The Morgan fingerprint density at radius 2 is 1.55 bits per heavy atom. The molecule has 0 spiro atoms. The fourth-order valence-electron chi connectivity index (χ4n) is 3.69. The van der Waals surface area contributed by atoms with Crippen LogP contribution >= 0.6 is 0 Å². The third-order valence-electron chi connectivity index (χ3n) is 5.47. The maximum absolute atomic E-state index is 12.6. The van der Waals surface area contributed by atoms with E-state index in [1.165, 1.54) is 45.6 Å². The van der Waals surface area contributed by atoms with Crippen molar-refractivity contribution in [1.82, 2.24) is 0 Å². The van der Waals surface area contributed by atoms with Crippen molar-refractivity contribution < 1.29 is 23.4 Å². The third kappa shape index (κ3) is 6.60. The van der Waals surface area contributed by atoms with Crippen LogP contribution in [0.3, 0.4) is 0 Å². The molecule has 0 radical (unpaired) electrons. The van der Waals surface area contributed by atoms with E-state index in [9.17, 15) is 9.59 Å². The number of ether oxygens (including phenoxy) is 3. The van der Waals surface area contributed by atoms with Crippen LogP contribution in [0.5, 0.6) is 17.2 Å². The number of rotatable bonds is 13. The first-order valence-corrected chi connectivity index (χ1v) is 11.7. The lowest BCUT2D eigenvalue weighted by Crippen LogP contribution is -2.13. The number of esters is 1. The van der Waals surface area contributed by atoms with Crippen molar-refractivity contribution in [3.63, 3.8) is 0 Å². The topological polar surface area (TPSA) is 75.0 Å². The van der Waals surface area contributed by atoms with Gasteiger partial charge in [-0.25, -0.2) is 9.59 Å². The average molecular weight is 453 g/mol. The molecule has 1 heterocycles. The zero-order valence-corrected chi connectivity index (χ0v) is 19.4. The van der Waals surface area contributed by atoms with E-state index >= 15 is 0 Å². The molecule has 0 N–H and O–H groups in total. The van der Waals surface area contributed by atoms with E-state index < -0.39 is 11.6 Å². The molecule has 3 aromatic rings. The lowest BCUT2D eigenvalue weighted by Gasteiger charge is -2.13. The molecule has 0 saturated heterocycles.